The molecule has 0 spiro atoms. The second-order valence-electron chi connectivity index (χ2n) is 8.78. The quantitative estimate of drug-likeness (QED) is 0.625. The van der Waals surface area contributed by atoms with Crippen LogP contribution >= 0.6 is 11.3 Å². The lowest BCUT2D eigenvalue weighted by atomic mass is 9.72. The van der Waals surface area contributed by atoms with Crippen molar-refractivity contribution in [2.45, 2.75) is 53.4 Å². The number of fused-ring (bicyclic) bond motifs is 3. The molecule has 0 bridgehead atoms. The van der Waals surface area contributed by atoms with Gasteiger partial charge in [-0.2, -0.15) is 0 Å². The van der Waals surface area contributed by atoms with Crippen LogP contribution in [0.25, 0.3) is 21.6 Å². The standard InChI is InChI=1S/C23H28N2O2S/c1-5-12-27-16-9-6-14(7-10-16)20-24-21(26)19-17-11-8-15(23(2,3)4)13-18(17)28-22(19)25-20/h6-7,9-10,15H,5,8,11-13H2,1-4H3,(H,24,25,26). The van der Waals surface area contributed by atoms with Gasteiger partial charge in [-0.05, 0) is 66.8 Å². The zero-order valence-electron chi connectivity index (χ0n) is 17.1. The van der Waals surface area contributed by atoms with Gasteiger partial charge in [-0.25, -0.2) is 4.98 Å². The van der Waals surface area contributed by atoms with Crippen LogP contribution in [-0.4, -0.2) is 16.6 Å². The second kappa shape index (κ2) is 7.36. The minimum atomic E-state index is -0.0157. The number of hydrogen-bond donors (Lipinski definition) is 1. The van der Waals surface area contributed by atoms with E-state index in [1.165, 1.54) is 10.4 Å². The highest BCUT2D eigenvalue weighted by atomic mass is 32.1. The maximum Gasteiger partial charge on any atom is 0.260 e. The molecule has 0 amide bonds. The molecule has 5 heteroatoms. The molecule has 3 aromatic rings. The summed E-state index contributed by atoms with van der Waals surface area (Å²) < 4.78 is 5.64. The Morgan fingerprint density at radius 1 is 1.25 bits per heavy atom. The average molecular weight is 397 g/mol. The molecule has 1 N–H and O–H groups in total. The van der Waals surface area contributed by atoms with Gasteiger partial charge in [0, 0.05) is 10.4 Å². The van der Waals surface area contributed by atoms with E-state index in [0.717, 1.165) is 47.2 Å². The average Bonchev–Trinajstić information content (AvgIpc) is 3.04. The highest BCUT2D eigenvalue weighted by Gasteiger charge is 2.31. The van der Waals surface area contributed by atoms with Gasteiger partial charge in [-0.15, -0.1) is 11.3 Å². The van der Waals surface area contributed by atoms with Crippen LogP contribution in [-0.2, 0) is 12.8 Å². The molecule has 1 unspecified atom stereocenters. The number of nitrogens with zero attached hydrogens (tertiary/aromatic N) is 1. The van der Waals surface area contributed by atoms with E-state index < -0.39 is 0 Å². The summed E-state index contributed by atoms with van der Waals surface area (Å²) in [5.41, 5.74) is 2.41. The Morgan fingerprint density at radius 3 is 2.68 bits per heavy atom. The van der Waals surface area contributed by atoms with E-state index in [2.05, 4.69) is 32.7 Å². The molecule has 0 radical (unpaired) electrons. The monoisotopic (exact) mass is 396 g/mol. The van der Waals surface area contributed by atoms with Gasteiger partial charge in [0.05, 0.1) is 12.0 Å². The lowest BCUT2D eigenvalue weighted by Crippen LogP contribution is -2.26. The smallest absolute Gasteiger partial charge is 0.260 e. The zero-order valence-corrected chi connectivity index (χ0v) is 17.9. The lowest BCUT2D eigenvalue weighted by molar-refractivity contribution is 0.218. The van der Waals surface area contributed by atoms with Gasteiger partial charge in [0.1, 0.15) is 16.4 Å². The van der Waals surface area contributed by atoms with Gasteiger partial charge in [-0.3, -0.25) is 4.79 Å². The van der Waals surface area contributed by atoms with Crippen molar-refractivity contribution in [2.75, 3.05) is 6.61 Å². The molecule has 0 saturated heterocycles. The molecule has 148 valence electrons. The number of benzene rings is 1. The van der Waals surface area contributed by atoms with E-state index in [4.69, 9.17) is 9.72 Å². The first-order valence-electron chi connectivity index (χ1n) is 10.1. The van der Waals surface area contributed by atoms with Crippen LogP contribution < -0.4 is 10.3 Å². The van der Waals surface area contributed by atoms with E-state index >= 15 is 0 Å². The summed E-state index contributed by atoms with van der Waals surface area (Å²) in [6, 6.07) is 7.78. The number of H-pyrrole nitrogens is 1. The fourth-order valence-corrected chi connectivity index (χ4v) is 5.29. The summed E-state index contributed by atoms with van der Waals surface area (Å²) in [7, 11) is 0. The number of hydrogen-bond acceptors (Lipinski definition) is 4. The van der Waals surface area contributed by atoms with Crippen LogP contribution in [0.3, 0.4) is 0 Å². The number of nitrogens with one attached hydrogen (secondary N) is 1. The Kier molecular flexibility index (Phi) is 5.04. The minimum absolute atomic E-state index is 0.0157. The Morgan fingerprint density at radius 2 is 2.00 bits per heavy atom. The van der Waals surface area contributed by atoms with Crippen molar-refractivity contribution in [3.05, 3.63) is 45.1 Å². The zero-order chi connectivity index (χ0) is 19.9. The molecule has 28 heavy (non-hydrogen) atoms. The number of aromatic amines is 1. The summed E-state index contributed by atoms with van der Waals surface area (Å²) in [6.45, 7) is 9.73. The SMILES string of the molecule is CCCOc1ccc(-c2nc3sc4c(c3c(=O)[nH]2)CCC(C(C)(C)C)C4)cc1. The molecule has 1 aromatic carbocycles. The van der Waals surface area contributed by atoms with Crippen LogP contribution in [0, 0.1) is 11.3 Å². The van der Waals surface area contributed by atoms with Crippen molar-refractivity contribution < 1.29 is 4.74 Å². The number of thiophene rings is 1. The predicted octanol–water partition coefficient (Wildman–Crippen LogP) is 5.59. The van der Waals surface area contributed by atoms with Gasteiger partial charge in [0.2, 0.25) is 0 Å². The first-order chi connectivity index (χ1) is 13.4. The van der Waals surface area contributed by atoms with Gasteiger partial charge in [0.15, 0.2) is 0 Å². The van der Waals surface area contributed by atoms with Crippen molar-refractivity contribution in [3.63, 3.8) is 0 Å². The Bertz CT molecular complexity index is 1040. The first kappa shape index (κ1) is 19.2. The number of aromatic nitrogens is 2. The van der Waals surface area contributed by atoms with Crippen LogP contribution in [0.1, 0.15) is 51.0 Å². The Balaban J connectivity index is 1.69. The number of rotatable bonds is 4. The Hall–Kier alpha value is -2.14. The molecular formula is C23H28N2O2S. The molecule has 2 aromatic heterocycles. The fourth-order valence-electron chi connectivity index (χ4n) is 3.99. The highest BCUT2D eigenvalue weighted by molar-refractivity contribution is 7.18. The summed E-state index contributed by atoms with van der Waals surface area (Å²) in [5.74, 6) is 2.13. The van der Waals surface area contributed by atoms with Crippen molar-refractivity contribution >= 4 is 21.6 Å². The van der Waals surface area contributed by atoms with Crippen LogP contribution in [0.5, 0.6) is 5.75 Å². The Labute approximate surface area is 170 Å². The topological polar surface area (TPSA) is 55.0 Å². The van der Waals surface area contributed by atoms with Crippen molar-refractivity contribution in [1.82, 2.24) is 9.97 Å². The first-order valence-corrected chi connectivity index (χ1v) is 11.0. The third kappa shape index (κ3) is 3.60. The normalized spacial score (nSPS) is 16.9. The van der Waals surface area contributed by atoms with Gasteiger partial charge in [-0.1, -0.05) is 27.7 Å². The third-order valence-corrected chi connectivity index (χ3v) is 6.89. The van der Waals surface area contributed by atoms with Crippen LogP contribution in [0.4, 0.5) is 0 Å². The van der Waals surface area contributed by atoms with Crippen LogP contribution in [0.15, 0.2) is 29.1 Å². The van der Waals surface area contributed by atoms with Crippen molar-refractivity contribution in [1.29, 1.82) is 0 Å². The predicted molar refractivity (Wildman–Crippen MR) is 116 cm³/mol. The molecule has 4 rings (SSSR count). The van der Waals surface area contributed by atoms with E-state index in [1.54, 1.807) is 11.3 Å². The molecule has 4 nitrogen and oxygen atoms in total. The largest absolute Gasteiger partial charge is 0.494 e. The number of ether oxygens (including phenoxy) is 1. The van der Waals surface area contributed by atoms with E-state index in [0.29, 0.717) is 23.8 Å². The van der Waals surface area contributed by atoms with E-state index in [-0.39, 0.29) is 5.56 Å². The summed E-state index contributed by atoms with van der Waals surface area (Å²) in [4.78, 5) is 22.9. The molecule has 1 aliphatic rings. The maximum atomic E-state index is 12.9. The molecule has 0 aliphatic heterocycles. The highest BCUT2D eigenvalue weighted by Crippen LogP contribution is 2.42. The molecule has 0 fully saturated rings. The summed E-state index contributed by atoms with van der Waals surface area (Å²) in [6.07, 6.45) is 4.15. The van der Waals surface area contributed by atoms with E-state index in [9.17, 15) is 4.79 Å². The molecule has 0 saturated carbocycles. The fraction of sp³-hybridized carbons (Fsp3) is 0.478. The molecule has 1 aliphatic carbocycles. The molecule has 1 atom stereocenters. The third-order valence-electron chi connectivity index (χ3n) is 5.74. The number of aryl methyl sites for hydroxylation is 1. The summed E-state index contributed by atoms with van der Waals surface area (Å²) >= 11 is 1.70. The van der Waals surface area contributed by atoms with Crippen molar-refractivity contribution in [3.8, 4) is 17.1 Å². The minimum Gasteiger partial charge on any atom is -0.494 e. The van der Waals surface area contributed by atoms with Crippen molar-refractivity contribution in [2.24, 2.45) is 11.3 Å². The molecular weight excluding hydrogens is 368 g/mol. The van der Waals surface area contributed by atoms with Gasteiger partial charge < -0.3 is 9.72 Å². The van der Waals surface area contributed by atoms with E-state index in [1.807, 2.05) is 24.3 Å². The van der Waals surface area contributed by atoms with Crippen LogP contribution in [0.2, 0.25) is 0 Å². The molecule has 2 heterocycles. The summed E-state index contributed by atoms with van der Waals surface area (Å²) in [5, 5.41) is 0.805. The lowest BCUT2D eigenvalue weighted by Gasteiger charge is -2.33. The second-order valence-corrected chi connectivity index (χ2v) is 9.86. The maximum absolute atomic E-state index is 12.9. The van der Waals surface area contributed by atoms with Gasteiger partial charge >= 0.3 is 0 Å². The van der Waals surface area contributed by atoms with Gasteiger partial charge in [0.25, 0.3) is 5.56 Å².